The molecule has 1 atom stereocenters. The van der Waals surface area contributed by atoms with Crippen molar-refractivity contribution in [2.24, 2.45) is 0 Å². The molecule has 0 aliphatic carbocycles. The molecule has 44 heavy (non-hydrogen) atoms. The summed E-state index contributed by atoms with van der Waals surface area (Å²) in [4.78, 5) is 62.5. The lowest BCUT2D eigenvalue weighted by Gasteiger charge is -2.32. The predicted molar refractivity (Wildman–Crippen MR) is 162 cm³/mol. The van der Waals surface area contributed by atoms with Gasteiger partial charge in [-0.1, -0.05) is 12.1 Å². The minimum absolute atomic E-state index is 0.0974. The fraction of sp³-hybridized carbons (Fsp3) is 0.344. The molecule has 0 bridgehead atoms. The van der Waals surface area contributed by atoms with Crippen molar-refractivity contribution in [3.05, 3.63) is 72.2 Å². The maximum absolute atomic E-state index is 13.1. The number of fused-ring (bicyclic) bond motifs is 2. The van der Waals surface area contributed by atoms with Crippen LogP contribution in [0.25, 0.3) is 22.3 Å². The van der Waals surface area contributed by atoms with E-state index in [1.807, 2.05) is 30.5 Å². The molecule has 4 aromatic rings. The number of nitrogens with one attached hydrogen (secondary N) is 2. The fourth-order valence-electron chi connectivity index (χ4n) is 6.29. The molecule has 224 valence electrons. The molecule has 0 spiro atoms. The van der Waals surface area contributed by atoms with Gasteiger partial charge in [-0.25, -0.2) is 4.98 Å². The van der Waals surface area contributed by atoms with Gasteiger partial charge in [0.25, 0.3) is 11.8 Å². The number of likely N-dealkylation sites (tertiary alicyclic amines) is 1. The molecule has 2 N–H and O–H groups in total. The lowest BCUT2D eigenvalue weighted by molar-refractivity contribution is -0.136. The molecule has 12 nitrogen and oxygen atoms in total. The van der Waals surface area contributed by atoms with Crippen LogP contribution in [0.1, 0.15) is 58.9 Å². The number of carbonyl (C=O) groups is 4. The van der Waals surface area contributed by atoms with Gasteiger partial charge < -0.3 is 10.2 Å². The third kappa shape index (κ3) is 5.32. The summed E-state index contributed by atoms with van der Waals surface area (Å²) in [6, 6.07) is 12.3. The fourth-order valence-corrected chi connectivity index (χ4v) is 6.29. The Morgan fingerprint density at radius 2 is 1.70 bits per heavy atom. The van der Waals surface area contributed by atoms with Crippen LogP contribution in [-0.4, -0.2) is 85.4 Å². The number of piperidine rings is 2. The molecule has 2 saturated heterocycles. The van der Waals surface area contributed by atoms with Gasteiger partial charge in [-0.2, -0.15) is 5.10 Å². The van der Waals surface area contributed by atoms with Crippen molar-refractivity contribution < 1.29 is 19.2 Å². The lowest BCUT2D eigenvalue weighted by Crippen LogP contribution is -2.54. The van der Waals surface area contributed by atoms with Gasteiger partial charge in [0.15, 0.2) is 0 Å². The zero-order valence-electron chi connectivity index (χ0n) is 24.1. The standard InChI is InChI=1S/C32H32N8O4/c41-29-9-8-28(30(42)37-29)40-31(43)23-7-6-21(16-24(23)32(40)44)33-12-3-13-38-14-10-22(11-15-38)39-19-20(17-35-39)27-18-34-25-4-1-2-5-26(25)36-27/h1-2,4-7,16-19,22,28,33H,3,8-15H2,(H,37,41,42). The maximum Gasteiger partial charge on any atom is 0.262 e. The molecular formula is C32H32N8O4. The topological polar surface area (TPSA) is 142 Å². The van der Waals surface area contributed by atoms with Gasteiger partial charge in [-0.15, -0.1) is 0 Å². The predicted octanol–water partition coefficient (Wildman–Crippen LogP) is 3.03. The van der Waals surface area contributed by atoms with Crippen LogP contribution in [0.4, 0.5) is 5.69 Å². The monoisotopic (exact) mass is 592 g/mol. The number of benzene rings is 2. The Bertz CT molecular complexity index is 1780. The van der Waals surface area contributed by atoms with Crippen molar-refractivity contribution in [3.63, 3.8) is 0 Å². The number of anilines is 1. The van der Waals surface area contributed by atoms with E-state index in [1.54, 1.807) is 24.4 Å². The van der Waals surface area contributed by atoms with Gasteiger partial charge in [-0.3, -0.25) is 39.1 Å². The summed E-state index contributed by atoms with van der Waals surface area (Å²) in [5, 5.41) is 10.2. The van der Waals surface area contributed by atoms with Crippen molar-refractivity contribution in [1.82, 2.24) is 34.9 Å². The van der Waals surface area contributed by atoms with Crippen LogP contribution in [0.5, 0.6) is 0 Å². The molecule has 1 unspecified atom stereocenters. The summed E-state index contributed by atoms with van der Waals surface area (Å²) in [7, 11) is 0. The van der Waals surface area contributed by atoms with Crippen molar-refractivity contribution in [3.8, 4) is 11.3 Å². The van der Waals surface area contributed by atoms with Crippen molar-refractivity contribution in [2.75, 3.05) is 31.5 Å². The Kier molecular flexibility index (Phi) is 7.34. The number of nitrogens with zero attached hydrogens (tertiary/aromatic N) is 6. The molecule has 0 radical (unpaired) electrons. The van der Waals surface area contributed by atoms with E-state index in [1.165, 1.54) is 0 Å². The number of imide groups is 2. The van der Waals surface area contributed by atoms with Crippen molar-refractivity contribution in [1.29, 1.82) is 0 Å². The summed E-state index contributed by atoms with van der Waals surface area (Å²) < 4.78 is 2.06. The zero-order chi connectivity index (χ0) is 30.2. The Morgan fingerprint density at radius 3 is 2.52 bits per heavy atom. The Hall–Kier alpha value is -4.97. The number of hydrogen-bond acceptors (Lipinski definition) is 9. The van der Waals surface area contributed by atoms with Crippen LogP contribution in [0.2, 0.25) is 0 Å². The molecule has 2 fully saturated rings. The molecule has 12 heteroatoms. The summed E-state index contributed by atoms with van der Waals surface area (Å²) >= 11 is 0. The third-order valence-corrected chi connectivity index (χ3v) is 8.70. The average Bonchev–Trinajstić information content (AvgIpc) is 3.63. The van der Waals surface area contributed by atoms with Crippen LogP contribution in [0, 0.1) is 0 Å². The summed E-state index contributed by atoms with van der Waals surface area (Å²) in [6.07, 6.45) is 8.93. The van der Waals surface area contributed by atoms with E-state index in [-0.39, 0.29) is 24.0 Å². The van der Waals surface area contributed by atoms with Crippen molar-refractivity contribution >= 4 is 40.3 Å². The van der Waals surface area contributed by atoms with E-state index in [0.717, 1.165) is 71.8 Å². The van der Waals surface area contributed by atoms with Gasteiger partial charge >= 0.3 is 0 Å². The maximum atomic E-state index is 13.1. The Balaban J connectivity index is 0.882. The SMILES string of the molecule is O=C1CCC(N2C(=O)c3ccc(NCCCN4CCC(n5cc(-c6cnc7ccccc7n6)cn5)CC4)cc3C2=O)C(=O)N1. The van der Waals surface area contributed by atoms with Crippen LogP contribution in [0.15, 0.2) is 61.1 Å². The zero-order valence-corrected chi connectivity index (χ0v) is 24.1. The molecule has 0 saturated carbocycles. The molecule has 2 aromatic carbocycles. The largest absolute Gasteiger partial charge is 0.385 e. The van der Waals surface area contributed by atoms with E-state index in [0.29, 0.717) is 12.6 Å². The van der Waals surface area contributed by atoms with Crippen LogP contribution >= 0.6 is 0 Å². The summed E-state index contributed by atoms with van der Waals surface area (Å²) in [5.41, 5.74) is 4.85. The van der Waals surface area contributed by atoms with Crippen molar-refractivity contribution in [2.45, 2.75) is 44.2 Å². The first-order valence-electron chi connectivity index (χ1n) is 15.0. The molecule has 4 amide bonds. The van der Waals surface area contributed by atoms with Gasteiger partial charge in [0, 0.05) is 43.5 Å². The van der Waals surface area contributed by atoms with E-state index >= 15 is 0 Å². The van der Waals surface area contributed by atoms with Crippen LogP contribution < -0.4 is 10.6 Å². The molecule has 2 aromatic heterocycles. The summed E-state index contributed by atoms with van der Waals surface area (Å²) in [6.45, 7) is 3.64. The first-order chi connectivity index (χ1) is 21.4. The van der Waals surface area contributed by atoms with E-state index < -0.39 is 29.7 Å². The second-order valence-corrected chi connectivity index (χ2v) is 11.5. The van der Waals surface area contributed by atoms with E-state index in [9.17, 15) is 19.2 Å². The van der Waals surface area contributed by atoms with Crippen LogP contribution in [0.3, 0.4) is 0 Å². The first-order valence-corrected chi connectivity index (χ1v) is 15.0. The second kappa shape index (κ2) is 11.6. The van der Waals surface area contributed by atoms with Crippen LogP contribution in [-0.2, 0) is 9.59 Å². The molecule has 5 heterocycles. The molecule has 3 aliphatic heterocycles. The van der Waals surface area contributed by atoms with Gasteiger partial charge in [0.05, 0.1) is 46.3 Å². The quantitative estimate of drug-likeness (QED) is 0.233. The lowest BCUT2D eigenvalue weighted by atomic mass is 10.0. The van der Waals surface area contributed by atoms with E-state index in [2.05, 4.69) is 36.5 Å². The highest BCUT2D eigenvalue weighted by molar-refractivity contribution is 6.23. The molecule has 7 rings (SSSR count). The van der Waals surface area contributed by atoms with Gasteiger partial charge in [0.2, 0.25) is 11.8 Å². The number of aromatic nitrogens is 4. The molecule has 3 aliphatic rings. The first kappa shape index (κ1) is 27.8. The highest BCUT2D eigenvalue weighted by Gasteiger charge is 2.44. The number of rotatable bonds is 8. The number of hydrogen-bond donors (Lipinski definition) is 2. The normalized spacial score (nSPS) is 19.5. The minimum atomic E-state index is -0.963. The average molecular weight is 593 g/mol. The van der Waals surface area contributed by atoms with Gasteiger partial charge in [-0.05, 0) is 62.6 Å². The van der Waals surface area contributed by atoms with Gasteiger partial charge in [0.1, 0.15) is 6.04 Å². The minimum Gasteiger partial charge on any atom is -0.385 e. The van der Waals surface area contributed by atoms with E-state index in [4.69, 9.17) is 4.98 Å². The highest BCUT2D eigenvalue weighted by Crippen LogP contribution is 2.30. The summed E-state index contributed by atoms with van der Waals surface area (Å²) in [5.74, 6) is -1.99. The molecular weight excluding hydrogens is 560 g/mol. The second-order valence-electron chi connectivity index (χ2n) is 11.5. The number of amides is 4. The highest BCUT2D eigenvalue weighted by atomic mass is 16.2. The Labute approximate surface area is 253 Å². The smallest absolute Gasteiger partial charge is 0.262 e. The Morgan fingerprint density at radius 1 is 0.909 bits per heavy atom. The number of carbonyl (C=O) groups excluding carboxylic acids is 4. The third-order valence-electron chi connectivity index (χ3n) is 8.70. The number of para-hydroxylation sites is 2.